The van der Waals surface area contributed by atoms with Crippen LogP contribution in [-0.4, -0.2) is 34.1 Å². The molecule has 5 nitrogen and oxygen atoms in total. The predicted molar refractivity (Wildman–Crippen MR) is 33.6 cm³/mol. The minimum Gasteiger partial charge on any atom is -0.478 e. The lowest BCUT2D eigenvalue weighted by Crippen LogP contribution is -2.23. The molecular formula is C4H5NO4S. The first-order chi connectivity index (χ1) is 4.61. The average Bonchev–Trinajstić information content (AvgIpc) is 2.13. The average molecular weight is 163 g/mol. The molecule has 0 aliphatic carbocycles. The first-order valence-corrected chi connectivity index (χ1v) is 2.91. The van der Waals surface area contributed by atoms with Crippen LogP contribution in [0.15, 0.2) is 0 Å². The van der Waals surface area contributed by atoms with Crippen LogP contribution in [0.1, 0.15) is 0 Å². The van der Waals surface area contributed by atoms with E-state index in [1.54, 1.807) is 0 Å². The number of hydrogen-bond donors (Lipinski definition) is 2. The van der Waals surface area contributed by atoms with Gasteiger partial charge in [-0.15, -0.1) is 0 Å². The van der Waals surface area contributed by atoms with E-state index in [-0.39, 0.29) is 6.54 Å². The monoisotopic (exact) mass is 163 g/mol. The van der Waals surface area contributed by atoms with E-state index >= 15 is 0 Å². The van der Waals surface area contributed by atoms with E-state index in [1.807, 2.05) is 0 Å². The highest BCUT2D eigenvalue weighted by Crippen LogP contribution is 2.12. The van der Waals surface area contributed by atoms with Crippen molar-refractivity contribution < 1.29 is 19.4 Å². The molecule has 1 saturated heterocycles. The summed E-state index contributed by atoms with van der Waals surface area (Å²) < 4.78 is 5.26. The molecule has 1 amide bonds. The maximum atomic E-state index is 10.5. The molecule has 0 spiro atoms. The van der Waals surface area contributed by atoms with Gasteiger partial charge in [-0.25, -0.2) is 9.59 Å². The Morgan fingerprint density at radius 1 is 1.90 bits per heavy atom. The molecule has 0 saturated carbocycles. The molecule has 1 aliphatic heterocycles. The van der Waals surface area contributed by atoms with Gasteiger partial charge in [-0.2, -0.15) is 0 Å². The molecule has 1 atom stereocenters. The van der Waals surface area contributed by atoms with Crippen LogP contribution in [0.25, 0.3) is 0 Å². The van der Waals surface area contributed by atoms with Crippen LogP contribution in [0.4, 0.5) is 4.79 Å². The minimum atomic E-state index is -1.15. The van der Waals surface area contributed by atoms with E-state index < -0.39 is 18.2 Å². The fourth-order valence-corrected chi connectivity index (χ4v) is 0.775. The number of carboxylic acid groups (broad SMARTS) is 1. The van der Waals surface area contributed by atoms with Gasteiger partial charge in [-0.1, -0.05) is 12.8 Å². The standard InChI is InChI=1S/C4H5NO4S/c6-3(7)2-1-5(10)4(8)9-2/h2,10H,1H2,(H,6,7). The van der Waals surface area contributed by atoms with Gasteiger partial charge in [0.2, 0.25) is 6.10 Å². The first kappa shape index (κ1) is 7.20. The number of carbonyl (C=O) groups is 2. The summed E-state index contributed by atoms with van der Waals surface area (Å²) in [6, 6.07) is 0. The second-order valence-electron chi connectivity index (χ2n) is 1.79. The van der Waals surface area contributed by atoms with Gasteiger partial charge in [-0.05, 0) is 0 Å². The lowest BCUT2D eigenvalue weighted by atomic mass is 10.4. The van der Waals surface area contributed by atoms with Gasteiger partial charge in [0.15, 0.2) is 0 Å². The van der Waals surface area contributed by atoms with Crippen molar-refractivity contribution >= 4 is 24.9 Å². The van der Waals surface area contributed by atoms with E-state index in [2.05, 4.69) is 17.6 Å². The van der Waals surface area contributed by atoms with Crippen LogP contribution in [0, 0.1) is 0 Å². The van der Waals surface area contributed by atoms with Gasteiger partial charge in [0.1, 0.15) is 0 Å². The zero-order valence-electron chi connectivity index (χ0n) is 4.85. The molecule has 1 rings (SSSR count). The lowest BCUT2D eigenvalue weighted by molar-refractivity contribution is -0.144. The van der Waals surface area contributed by atoms with Gasteiger partial charge in [0.25, 0.3) is 0 Å². The molecule has 1 unspecified atom stereocenters. The number of cyclic esters (lactones) is 1. The zero-order valence-corrected chi connectivity index (χ0v) is 5.75. The summed E-state index contributed by atoms with van der Waals surface area (Å²) in [5.74, 6) is -1.15. The smallest absolute Gasteiger partial charge is 0.420 e. The minimum absolute atomic E-state index is 0.00270. The third kappa shape index (κ3) is 1.15. The molecule has 6 heteroatoms. The van der Waals surface area contributed by atoms with Crippen LogP contribution in [-0.2, 0) is 9.53 Å². The maximum absolute atomic E-state index is 10.5. The summed E-state index contributed by atoms with van der Waals surface area (Å²) >= 11 is 3.64. The summed E-state index contributed by atoms with van der Waals surface area (Å²) in [6.07, 6.45) is -1.78. The second kappa shape index (κ2) is 2.37. The first-order valence-electron chi connectivity index (χ1n) is 2.51. The fraction of sp³-hybridized carbons (Fsp3) is 0.500. The highest BCUT2D eigenvalue weighted by molar-refractivity contribution is 7.78. The number of aliphatic carboxylic acids is 1. The molecule has 1 N–H and O–H groups in total. The fourth-order valence-electron chi connectivity index (χ4n) is 0.580. The normalized spacial score (nSPS) is 24.7. The highest BCUT2D eigenvalue weighted by Gasteiger charge is 2.34. The van der Waals surface area contributed by atoms with E-state index in [1.165, 1.54) is 0 Å². The number of hydrogen-bond acceptors (Lipinski definition) is 4. The predicted octanol–water partition coefficient (Wildman–Crippen LogP) is -0.263. The lowest BCUT2D eigenvalue weighted by Gasteiger charge is -1.98. The number of nitrogens with zero attached hydrogens (tertiary/aromatic N) is 1. The Kier molecular flexibility index (Phi) is 1.71. The van der Waals surface area contributed by atoms with Crippen molar-refractivity contribution in [1.82, 2.24) is 4.31 Å². The van der Waals surface area contributed by atoms with Crippen LogP contribution in [0.2, 0.25) is 0 Å². The molecule has 1 aliphatic rings. The SMILES string of the molecule is O=C(O)C1CN(S)C(=O)O1. The van der Waals surface area contributed by atoms with Gasteiger partial charge < -0.3 is 9.84 Å². The third-order valence-electron chi connectivity index (χ3n) is 1.07. The van der Waals surface area contributed by atoms with Gasteiger partial charge in [0, 0.05) is 0 Å². The Labute approximate surface area is 62.1 Å². The van der Waals surface area contributed by atoms with E-state index in [4.69, 9.17) is 5.11 Å². The molecule has 1 fully saturated rings. The number of thiol groups is 1. The molecule has 1 heterocycles. The van der Waals surface area contributed by atoms with E-state index in [0.717, 1.165) is 4.31 Å². The molecular weight excluding hydrogens is 158 g/mol. The van der Waals surface area contributed by atoms with Crippen molar-refractivity contribution in [2.45, 2.75) is 6.10 Å². The Morgan fingerprint density at radius 2 is 2.50 bits per heavy atom. The summed E-state index contributed by atoms with van der Waals surface area (Å²) in [6.45, 7) is -0.00270. The third-order valence-corrected chi connectivity index (χ3v) is 1.39. The number of ether oxygens (including phenoxy) is 1. The largest absolute Gasteiger partial charge is 0.478 e. The van der Waals surface area contributed by atoms with Crippen molar-refractivity contribution in [1.29, 1.82) is 0 Å². The molecule has 0 aromatic carbocycles. The van der Waals surface area contributed by atoms with Crippen LogP contribution >= 0.6 is 12.8 Å². The molecule has 0 aromatic heterocycles. The maximum Gasteiger partial charge on any atom is 0.420 e. The Hall–Kier alpha value is -0.910. The quantitative estimate of drug-likeness (QED) is 0.522. The van der Waals surface area contributed by atoms with Crippen molar-refractivity contribution in [3.8, 4) is 0 Å². The van der Waals surface area contributed by atoms with Crippen molar-refractivity contribution in [3.05, 3.63) is 0 Å². The summed E-state index contributed by atoms with van der Waals surface area (Å²) in [5.41, 5.74) is 0. The van der Waals surface area contributed by atoms with E-state index in [0.29, 0.717) is 0 Å². The Morgan fingerprint density at radius 3 is 2.70 bits per heavy atom. The van der Waals surface area contributed by atoms with Crippen molar-refractivity contribution in [3.63, 3.8) is 0 Å². The van der Waals surface area contributed by atoms with E-state index in [9.17, 15) is 9.59 Å². The molecule has 56 valence electrons. The number of carbonyl (C=O) groups excluding carboxylic acids is 1. The van der Waals surface area contributed by atoms with Crippen molar-refractivity contribution in [2.75, 3.05) is 6.54 Å². The Balaban J connectivity index is 2.57. The van der Waals surface area contributed by atoms with Gasteiger partial charge in [-0.3, -0.25) is 4.31 Å². The number of amides is 1. The van der Waals surface area contributed by atoms with Gasteiger partial charge in [0.05, 0.1) is 6.54 Å². The van der Waals surface area contributed by atoms with Crippen LogP contribution in [0.3, 0.4) is 0 Å². The molecule has 0 radical (unpaired) electrons. The molecule has 0 bridgehead atoms. The van der Waals surface area contributed by atoms with Gasteiger partial charge >= 0.3 is 12.1 Å². The van der Waals surface area contributed by atoms with Crippen molar-refractivity contribution in [2.24, 2.45) is 0 Å². The molecule has 10 heavy (non-hydrogen) atoms. The van der Waals surface area contributed by atoms with Crippen LogP contribution in [0.5, 0.6) is 0 Å². The topological polar surface area (TPSA) is 66.8 Å². The summed E-state index contributed by atoms with van der Waals surface area (Å²) in [4.78, 5) is 20.6. The Bertz CT molecular complexity index is 182. The summed E-state index contributed by atoms with van der Waals surface area (Å²) in [7, 11) is 0. The second-order valence-corrected chi connectivity index (χ2v) is 2.28. The number of rotatable bonds is 1. The zero-order chi connectivity index (χ0) is 7.72. The van der Waals surface area contributed by atoms with Crippen LogP contribution < -0.4 is 0 Å². The highest BCUT2D eigenvalue weighted by atomic mass is 32.1. The summed E-state index contributed by atoms with van der Waals surface area (Å²) in [5, 5.41) is 8.31. The molecule has 0 aromatic rings. The number of carboxylic acids is 1.